The van der Waals surface area contributed by atoms with Gasteiger partial charge in [-0.25, -0.2) is 4.79 Å². The van der Waals surface area contributed by atoms with E-state index < -0.39 is 5.97 Å². The predicted molar refractivity (Wildman–Crippen MR) is 136 cm³/mol. The van der Waals surface area contributed by atoms with Crippen LogP contribution in [-0.2, 0) is 16.1 Å². The molecule has 2 aliphatic rings. The summed E-state index contributed by atoms with van der Waals surface area (Å²) >= 11 is 2.26. The van der Waals surface area contributed by atoms with Crippen molar-refractivity contribution < 1.29 is 14.7 Å². The number of aliphatic carboxylic acids is 1. The Labute approximate surface area is 206 Å². The Hall–Kier alpha value is -3.68. The summed E-state index contributed by atoms with van der Waals surface area (Å²) in [6, 6.07) is 18.9. The van der Waals surface area contributed by atoms with Gasteiger partial charge in [0.05, 0.1) is 23.2 Å². The molecule has 0 saturated carbocycles. The number of amides is 1. The second-order valence-electron chi connectivity index (χ2n) is 7.12. The van der Waals surface area contributed by atoms with Gasteiger partial charge in [0.25, 0.3) is 5.91 Å². The first-order valence-corrected chi connectivity index (χ1v) is 12.0. The van der Waals surface area contributed by atoms with Crippen molar-refractivity contribution in [3.05, 3.63) is 86.8 Å². The second-order valence-corrected chi connectivity index (χ2v) is 8.98. The first kappa shape index (κ1) is 25.0. The fraction of sp³-hybridized carbons (Fsp3) is 0.167. The lowest BCUT2D eigenvalue weighted by atomic mass is 10.2. The van der Waals surface area contributed by atoms with E-state index in [0.29, 0.717) is 22.0 Å². The number of amidine groups is 1. The highest BCUT2D eigenvalue weighted by Crippen LogP contribution is 2.43. The third-order valence-electron chi connectivity index (χ3n) is 4.82. The Morgan fingerprint density at radius 3 is 2.41 bits per heavy atom. The van der Waals surface area contributed by atoms with Crippen LogP contribution in [0.1, 0.15) is 18.1 Å². The Morgan fingerprint density at radius 2 is 1.85 bits per heavy atom. The summed E-state index contributed by atoms with van der Waals surface area (Å²) in [5.41, 5.74) is 2.83. The standard InChI is InChI=1S/C15H13N3O3S2.C9H10N2/c1-17-10(14(20)21)8-22-13(17)11-12(19)18(15(16)23-11)7-9-5-3-2-4-6-9;1-2-11-9-5-3-8(7-10)4-6-9/h2-6,8,16H,7H2,1H3,(H,20,21);3-6,11H,2H2,1H3/b13-11-,16-15?;. The van der Waals surface area contributed by atoms with E-state index in [1.807, 2.05) is 49.4 Å². The number of benzene rings is 2. The highest BCUT2D eigenvalue weighted by molar-refractivity contribution is 8.19. The van der Waals surface area contributed by atoms with Gasteiger partial charge in [0.1, 0.15) is 10.6 Å². The largest absolute Gasteiger partial charge is 0.477 e. The molecule has 0 aromatic heterocycles. The number of carboxylic acid groups (broad SMARTS) is 1. The van der Waals surface area contributed by atoms with Gasteiger partial charge in [-0.3, -0.25) is 15.1 Å². The SMILES string of the molecule is CCNc1ccc(C#N)cc1.CN1C(C(=O)O)=CS/C1=C1\SC(=N)N(Cc2ccccc2)C1=O. The second kappa shape index (κ2) is 11.4. The molecule has 10 heteroatoms. The van der Waals surface area contributed by atoms with Gasteiger partial charge in [-0.15, -0.1) is 0 Å². The molecule has 0 aliphatic carbocycles. The Bertz CT molecular complexity index is 1190. The number of nitrogens with one attached hydrogen (secondary N) is 2. The van der Waals surface area contributed by atoms with Gasteiger partial charge in [0.15, 0.2) is 5.17 Å². The molecule has 1 saturated heterocycles. The number of thioether (sulfide) groups is 2. The molecular weight excluding hydrogens is 470 g/mol. The van der Waals surface area contributed by atoms with Crippen molar-refractivity contribution in [1.82, 2.24) is 9.80 Å². The average Bonchev–Trinajstić information content (AvgIpc) is 3.35. The highest BCUT2D eigenvalue weighted by Gasteiger charge is 2.38. The quantitative estimate of drug-likeness (QED) is 0.522. The smallest absolute Gasteiger partial charge is 0.353 e. The summed E-state index contributed by atoms with van der Waals surface area (Å²) in [5.74, 6) is -1.31. The Morgan fingerprint density at radius 1 is 1.18 bits per heavy atom. The van der Waals surface area contributed by atoms with Crippen molar-refractivity contribution in [3.8, 4) is 6.07 Å². The number of rotatable bonds is 5. The van der Waals surface area contributed by atoms with E-state index in [1.54, 1.807) is 19.2 Å². The number of hydrogen-bond donors (Lipinski definition) is 3. The van der Waals surface area contributed by atoms with E-state index in [4.69, 9.17) is 15.8 Å². The number of carbonyl (C=O) groups excluding carboxylic acids is 1. The monoisotopic (exact) mass is 493 g/mol. The molecule has 1 amide bonds. The fourth-order valence-electron chi connectivity index (χ4n) is 3.10. The molecule has 2 aromatic rings. The number of anilines is 1. The number of nitriles is 1. The van der Waals surface area contributed by atoms with Crippen molar-refractivity contribution in [2.45, 2.75) is 13.5 Å². The molecule has 0 atom stereocenters. The van der Waals surface area contributed by atoms with Crippen LogP contribution in [0.25, 0.3) is 0 Å². The highest BCUT2D eigenvalue weighted by atomic mass is 32.2. The molecule has 1 fully saturated rings. The third-order valence-corrected chi connectivity index (χ3v) is 6.98. The lowest BCUT2D eigenvalue weighted by Crippen LogP contribution is -2.28. The van der Waals surface area contributed by atoms with Crippen LogP contribution in [0.4, 0.5) is 5.69 Å². The number of carboxylic acids is 1. The van der Waals surface area contributed by atoms with E-state index in [0.717, 1.165) is 29.6 Å². The van der Waals surface area contributed by atoms with Crippen molar-refractivity contribution in [2.75, 3.05) is 18.9 Å². The maximum Gasteiger partial charge on any atom is 0.353 e. The fourth-order valence-corrected chi connectivity index (χ4v) is 5.18. The van der Waals surface area contributed by atoms with Gasteiger partial charge in [-0.05, 0) is 48.5 Å². The predicted octanol–water partition coefficient (Wildman–Crippen LogP) is 4.46. The van der Waals surface area contributed by atoms with E-state index >= 15 is 0 Å². The maximum atomic E-state index is 12.6. The average molecular weight is 494 g/mol. The minimum absolute atomic E-state index is 0.124. The van der Waals surface area contributed by atoms with Gasteiger partial charge in [0, 0.05) is 24.7 Å². The molecule has 2 aliphatic heterocycles. The minimum Gasteiger partial charge on any atom is -0.477 e. The number of carbonyl (C=O) groups is 2. The van der Waals surface area contributed by atoms with Crippen molar-refractivity contribution in [3.63, 3.8) is 0 Å². The third kappa shape index (κ3) is 5.81. The molecule has 0 unspecified atom stereocenters. The molecule has 0 bridgehead atoms. The molecule has 2 aromatic carbocycles. The summed E-state index contributed by atoms with van der Waals surface area (Å²) in [5, 5.41) is 31.0. The molecule has 34 heavy (non-hydrogen) atoms. The first-order chi connectivity index (χ1) is 16.3. The normalized spacial score (nSPS) is 17.1. The van der Waals surface area contributed by atoms with Gasteiger partial charge in [-0.1, -0.05) is 42.1 Å². The van der Waals surface area contributed by atoms with Gasteiger partial charge >= 0.3 is 5.97 Å². The van der Waals surface area contributed by atoms with Gasteiger partial charge in [0.2, 0.25) is 0 Å². The van der Waals surface area contributed by atoms with Crippen LogP contribution in [0.3, 0.4) is 0 Å². The van der Waals surface area contributed by atoms with E-state index in [2.05, 4.69) is 11.4 Å². The number of likely N-dealkylation sites (N-methyl/N-ethyl adjacent to an activating group) is 1. The zero-order valence-electron chi connectivity index (χ0n) is 18.6. The lowest BCUT2D eigenvalue weighted by Gasteiger charge is -2.16. The van der Waals surface area contributed by atoms with Crippen LogP contribution in [0.2, 0.25) is 0 Å². The molecule has 174 valence electrons. The van der Waals surface area contributed by atoms with Crippen LogP contribution < -0.4 is 5.32 Å². The lowest BCUT2D eigenvalue weighted by molar-refractivity contribution is -0.134. The minimum atomic E-state index is -1.04. The van der Waals surface area contributed by atoms with E-state index in [1.165, 1.54) is 27.0 Å². The van der Waals surface area contributed by atoms with Crippen LogP contribution in [0.5, 0.6) is 0 Å². The van der Waals surface area contributed by atoms with E-state index in [-0.39, 0.29) is 16.8 Å². The summed E-state index contributed by atoms with van der Waals surface area (Å²) in [7, 11) is 1.61. The molecule has 2 heterocycles. The van der Waals surface area contributed by atoms with Crippen LogP contribution in [0, 0.1) is 16.7 Å². The van der Waals surface area contributed by atoms with Crippen molar-refractivity contribution in [2.24, 2.45) is 0 Å². The number of hydrogen-bond acceptors (Lipinski definition) is 8. The molecule has 0 spiro atoms. The summed E-state index contributed by atoms with van der Waals surface area (Å²) in [6.45, 7) is 3.28. The summed E-state index contributed by atoms with van der Waals surface area (Å²) < 4.78 is 0. The van der Waals surface area contributed by atoms with Crippen LogP contribution >= 0.6 is 23.5 Å². The van der Waals surface area contributed by atoms with Gasteiger partial charge in [-0.2, -0.15) is 5.26 Å². The maximum absolute atomic E-state index is 12.6. The molecule has 4 rings (SSSR count). The summed E-state index contributed by atoms with van der Waals surface area (Å²) in [4.78, 5) is 27.0. The van der Waals surface area contributed by atoms with Crippen molar-refractivity contribution >= 4 is 46.3 Å². The molecule has 3 N–H and O–H groups in total. The Kier molecular flexibility index (Phi) is 8.40. The number of nitrogens with zero attached hydrogens (tertiary/aromatic N) is 3. The van der Waals surface area contributed by atoms with Crippen molar-refractivity contribution in [1.29, 1.82) is 10.7 Å². The molecule has 8 nitrogen and oxygen atoms in total. The zero-order valence-corrected chi connectivity index (χ0v) is 20.2. The Balaban J connectivity index is 0.000000248. The zero-order chi connectivity index (χ0) is 24.7. The van der Waals surface area contributed by atoms with Crippen LogP contribution in [0.15, 0.2) is 75.6 Å². The van der Waals surface area contributed by atoms with Gasteiger partial charge < -0.3 is 15.3 Å². The summed E-state index contributed by atoms with van der Waals surface area (Å²) in [6.07, 6.45) is 0. The molecular formula is C24H23N5O3S2. The first-order valence-electron chi connectivity index (χ1n) is 10.3. The van der Waals surface area contributed by atoms with Crippen LogP contribution in [-0.4, -0.2) is 45.5 Å². The topological polar surface area (TPSA) is 121 Å². The van der Waals surface area contributed by atoms with E-state index in [9.17, 15) is 9.59 Å². The molecule has 0 radical (unpaired) electrons.